The van der Waals surface area contributed by atoms with Crippen molar-refractivity contribution in [3.8, 4) is 0 Å². The summed E-state index contributed by atoms with van der Waals surface area (Å²) in [6, 6.07) is 24.8. The molecule has 1 saturated heterocycles. The number of piperidine rings is 1. The van der Waals surface area contributed by atoms with Gasteiger partial charge in [-0.25, -0.2) is 0 Å². The second kappa shape index (κ2) is 11.4. The molecule has 176 valence electrons. The van der Waals surface area contributed by atoms with Gasteiger partial charge in [-0.1, -0.05) is 66.7 Å². The van der Waals surface area contributed by atoms with Crippen molar-refractivity contribution in [2.45, 2.75) is 32.6 Å². The van der Waals surface area contributed by atoms with Gasteiger partial charge in [0.1, 0.15) is 5.69 Å². The Morgan fingerprint density at radius 2 is 1.56 bits per heavy atom. The van der Waals surface area contributed by atoms with Gasteiger partial charge >= 0.3 is 0 Å². The van der Waals surface area contributed by atoms with Crippen molar-refractivity contribution in [1.82, 2.24) is 5.32 Å². The highest BCUT2D eigenvalue weighted by Crippen LogP contribution is 2.31. The SMILES string of the molecule is O=C(NCc1ccccc1COCc1ccccc1)C1CCN(c2ccccc2[N+](=O)[O-])CC1. The van der Waals surface area contributed by atoms with E-state index < -0.39 is 0 Å². The molecule has 3 aromatic rings. The van der Waals surface area contributed by atoms with Crippen LogP contribution in [0.2, 0.25) is 0 Å². The number of hydrogen-bond acceptors (Lipinski definition) is 5. The van der Waals surface area contributed by atoms with Crippen LogP contribution in [0.25, 0.3) is 0 Å². The maximum atomic E-state index is 12.8. The Balaban J connectivity index is 1.27. The fraction of sp³-hybridized carbons (Fsp3) is 0.296. The van der Waals surface area contributed by atoms with E-state index in [-0.39, 0.29) is 22.4 Å². The zero-order chi connectivity index (χ0) is 23.8. The number of benzene rings is 3. The molecular weight excluding hydrogens is 430 g/mol. The maximum Gasteiger partial charge on any atom is 0.292 e. The van der Waals surface area contributed by atoms with Crippen molar-refractivity contribution in [2.24, 2.45) is 5.92 Å². The molecule has 7 heteroatoms. The van der Waals surface area contributed by atoms with Crippen LogP contribution in [-0.4, -0.2) is 23.9 Å². The molecule has 0 aliphatic carbocycles. The minimum absolute atomic E-state index is 0.0298. The molecule has 0 aromatic heterocycles. The summed E-state index contributed by atoms with van der Waals surface area (Å²) in [5, 5.41) is 14.4. The number of hydrogen-bond donors (Lipinski definition) is 1. The summed E-state index contributed by atoms with van der Waals surface area (Å²) in [5.74, 6) is -0.0669. The first-order valence-electron chi connectivity index (χ1n) is 11.6. The second-order valence-corrected chi connectivity index (χ2v) is 8.47. The number of carbonyl (C=O) groups excluding carboxylic acids is 1. The summed E-state index contributed by atoms with van der Waals surface area (Å²) >= 11 is 0. The lowest BCUT2D eigenvalue weighted by Gasteiger charge is -2.32. The van der Waals surface area contributed by atoms with E-state index >= 15 is 0 Å². The lowest BCUT2D eigenvalue weighted by Crippen LogP contribution is -2.40. The van der Waals surface area contributed by atoms with Crippen LogP contribution in [0.3, 0.4) is 0 Å². The highest BCUT2D eigenvalue weighted by atomic mass is 16.6. The Kier molecular flexibility index (Phi) is 7.88. The molecule has 0 spiro atoms. The van der Waals surface area contributed by atoms with Crippen LogP contribution in [-0.2, 0) is 29.3 Å². The number of nitrogens with zero attached hydrogens (tertiary/aromatic N) is 2. The van der Waals surface area contributed by atoms with E-state index in [9.17, 15) is 14.9 Å². The van der Waals surface area contributed by atoms with E-state index in [1.165, 1.54) is 6.07 Å². The van der Waals surface area contributed by atoms with E-state index in [1.807, 2.05) is 65.6 Å². The monoisotopic (exact) mass is 459 g/mol. The van der Waals surface area contributed by atoms with E-state index in [2.05, 4.69) is 5.32 Å². The van der Waals surface area contributed by atoms with Gasteiger partial charge in [0.25, 0.3) is 5.69 Å². The molecule has 34 heavy (non-hydrogen) atoms. The second-order valence-electron chi connectivity index (χ2n) is 8.47. The topological polar surface area (TPSA) is 84.7 Å². The van der Waals surface area contributed by atoms with Gasteiger partial charge in [-0.05, 0) is 35.6 Å². The fourth-order valence-corrected chi connectivity index (χ4v) is 4.32. The van der Waals surface area contributed by atoms with Crippen LogP contribution >= 0.6 is 0 Å². The third kappa shape index (κ3) is 5.99. The lowest BCUT2D eigenvalue weighted by molar-refractivity contribution is -0.384. The van der Waals surface area contributed by atoms with Crippen molar-refractivity contribution in [3.05, 3.63) is 106 Å². The van der Waals surface area contributed by atoms with Crippen molar-refractivity contribution >= 4 is 17.3 Å². The number of amides is 1. The van der Waals surface area contributed by atoms with E-state index in [1.54, 1.807) is 12.1 Å². The quantitative estimate of drug-likeness (QED) is 0.365. The molecule has 3 aromatic carbocycles. The van der Waals surface area contributed by atoms with Gasteiger partial charge in [-0.2, -0.15) is 0 Å². The molecule has 4 rings (SSSR count). The lowest BCUT2D eigenvalue weighted by atomic mass is 9.95. The predicted molar refractivity (Wildman–Crippen MR) is 131 cm³/mol. The molecule has 1 aliphatic heterocycles. The first-order valence-corrected chi connectivity index (χ1v) is 11.6. The average molecular weight is 460 g/mol. The number of nitro benzene ring substituents is 1. The highest BCUT2D eigenvalue weighted by molar-refractivity contribution is 5.79. The Morgan fingerprint density at radius 1 is 0.912 bits per heavy atom. The van der Waals surface area contributed by atoms with Gasteiger partial charge in [0.15, 0.2) is 0 Å². The number of nitrogens with one attached hydrogen (secondary N) is 1. The zero-order valence-electron chi connectivity index (χ0n) is 19.1. The Morgan fingerprint density at radius 3 is 2.29 bits per heavy atom. The number of rotatable bonds is 9. The van der Waals surface area contributed by atoms with Crippen LogP contribution in [0, 0.1) is 16.0 Å². The molecule has 0 bridgehead atoms. The summed E-state index contributed by atoms with van der Waals surface area (Å²) in [4.78, 5) is 25.8. The standard InChI is InChI=1S/C27H29N3O4/c31-27(22-14-16-29(17-15-22)25-12-6-7-13-26(25)30(32)33)28-18-23-10-4-5-11-24(23)20-34-19-21-8-2-1-3-9-21/h1-13,22H,14-20H2,(H,28,31). The Labute approximate surface area is 199 Å². The Bertz CT molecular complexity index is 1110. The van der Waals surface area contributed by atoms with Gasteiger partial charge < -0.3 is 15.0 Å². The van der Waals surface area contributed by atoms with Crippen molar-refractivity contribution in [3.63, 3.8) is 0 Å². The van der Waals surface area contributed by atoms with E-state index in [0.29, 0.717) is 51.4 Å². The molecule has 0 atom stereocenters. The summed E-state index contributed by atoms with van der Waals surface area (Å²) < 4.78 is 5.88. The number of anilines is 1. The van der Waals surface area contributed by atoms with Crippen molar-refractivity contribution in [2.75, 3.05) is 18.0 Å². The number of para-hydroxylation sites is 2. The molecule has 1 N–H and O–H groups in total. The van der Waals surface area contributed by atoms with Crippen LogP contribution in [0.5, 0.6) is 0 Å². The van der Waals surface area contributed by atoms with Gasteiger partial charge in [0.2, 0.25) is 5.91 Å². The average Bonchev–Trinajstić information content (AvgIpc) is 2.88. The number of ether oxygens (including phenoxy) is 1. The van der Waals surface area contributed by atoms with Gasteiger partial charge in [0.05, 0.1) is 18.1 Å². The molecule has 0 saturated carbocycles. The first kappa shape index (κ1) is 23.4. The maximum absolute atomic E-state index is 12.8. The van der Waals surface area contributed by atoms with E-state index in [0.717, 1.165) is 16.7 Å². The van der Waals surface area contributed by atoms with Crippen LogP contribution in [0.15, 0.2) is 78.9 Å². The van der Waals surface area contributed by atoms with Crippen LogP contribution in [0.1, 0.15) is 29.5 Å². The fourth-order valence-electron chi connectivity index (χ4n) is 4.32. The molecule has 7 nitrogen and oxygen atoms in total. The predicted octanol–water partition coefficient (Wildman–Crippen LogP) is 4.84. The van der Waals surface area contributed by atoms with Gasteiger partial charge in [0, 0.05) is 31.6 Å². The zero-order valence-corrected chi connectivity index (χ0v) is 19.1. The molecule has 0 radical (unpaired) electrons. The smallest absolute Gasteiger partial charge is 0.292 e. The normalized spacial score (nSPS) is 14.1. The van der Waals surface area contributed by atoms with Crippen LogP contribution < -0.4 is 10.2 Å². The molecule has 1 aliphatic rings. The van der Waals surface area contributed by atoms with Crippen molar-refractivity contribution in [1.29, 1.82) is 0 Å². The molecule has 1 heterocycles. The summed E-state index contributed by atoms with van der Waals surface area (Å²) in [6.07, 6.45) is 1.33. The van der Waals surface area contributed by atoms with Gasteiger partial charge in [-0.3, -0.25) is 14.9 Å². The summed E-state index contributed by atoms with van der Waals surface area (Å²) in [5.41, 5.74) is 3.96. The largest absolute Gasteiger partial charge is 0.372 e. The third-order valence-electron chi connectivity index (χ3n) is 6.23. The molecule has 1 fully saturated rings. The molecule has 0 unspecified atom stereocenters. The van der Waals surface area contributed by atoms with Gasteiger partial charge in [-0.15, -0.1) is 0 Å². The van der Waals surface area contributed by atoms with Crippen molar-refractivity contribution < 1.29 is 14.5 Å². The Hall–Kier alpha value is -3.71. The number of carbonyl (C=O) groups is 1. The first-order chi connectivity index (χ1) is 16.6. The van der Waals surface area contributed by atoms with E-state index in [4.69, 9.17) is 4.74 Å². The third-order valence-corrected chi connectivity index (χ3v) is 6.23. The molecule has 1 amide bonds. The number of nitro groups is 1. The highest BCUT2D eigenvalue weighted by Gasteiger charge is 2.28. The summed E-state index contributed by atoms with van der Waals surface area (Å²) in [6.45, 7) is 2.71. The minimum atomic E-state index is -0.352. The minimum Gasteiger partial charge on any atom is -0.372 e. The molecular formula is C27H29N3O4. The van der Waals surface area contributed by atoms with Crippen LogP contribution in [0.4, 0.5) is 11.4 Å². The summed E-state index contributed by atoms with van der Waals surface area (Å²) in [7, 11) is 0.